The van der Waals surface area contributed by atoms with Crippen molar-refractivity contribution >= 4 is 5.97 Å². The molecule has 2 aliphatic rings. The molecule has 0 bridgehead atoms. The molecule has 2 aliphatic carbocycles. The Balaban J connectivity index is 2.09. The molecule has 1 fully saturated rings. The minimum absolute atomic E-state index is 0.150. The first-order valence-electron chi connectivity index (χ1n) is 6.18. The minimum Gasteiger partial charge on any atom is -0.508 e. The van der Waals surface area contributed by atoms with E-state index in [-0.39, 0.29) is 11.8 Å². The first-order chi connectivity index (χ1) is 8.12. The molecule has 3 rings (SSSR count). The molecule has 3 nitrogen and oxygen atoms in total. The van der Waals surface area contributed by atoms with Gasteiger partial charge in [0.15, 0.2) is 0 Å². The predicted molar refractivity (Wildman–Crippen MR) is 63.3 cm³/mol. The summed E-state index contributed by atoms with van der Waals surface area (Å²) in [6, 6.07) is 3.72. The van der Waals surface area contributed by atoms with Gasteiger partial charge in [0.1, 0.15) is 5.75 Å². The summed E-state index contributed by atoms with van der Waals surface area (Å²) >= 11 is 0. The van der Waals surface area contributed by atoms with Crippen molar-refractivity contribution in [1.82, 2.24) is 0 Å². The third-order valence-electron chi connectivity index (χ3n) is 4.13. The molecule has 0 aliphatic heterocycles. The quantitative estimate of drug-likeness (QED) is 0.841. The normalized spacial score (nSPS) is 20.0. The zero-order valence-electron chi connectivity index (χ0n) is 9.70. The molecule has 0 heterocycles. The number of phenolic OH excluding ortho intramolecular Hbond substituents is 1. The van der Waals surface area contributed by atoms with Crippen LogP contribution in [0.4, 0.5) is 0 Å². The molecular weight excluding hydrogens is 216 g/mol. The second-order valence-corrected chi connectivity index (χ2v) is 5.30. The molecule has 0 unspecified atom stereocenters. The van der Waals surface area contributed by atoms with Crippen molar-refractivity contribution in [1.29, 1.82) is 0 Å². The van der Waals surface area contributed by atoms with Gasteiger partial charge in [0.2, 0.25) is 0 Å². The molecule has 0 atom stereocenters. The van der Waals surface area contributed by atoms with Crippen molar-refractivity contribution in [2.45, 2.75) is 43.9 Å². The fraction of sp³-hybridized carbons (Fsp3) is 0.500. The number of aliphatic carboxylic acids is 1. The van der Waals surface area contributed by atoms with E-state index in [0.29, 0.717) is 5.75 Å². The Morgan fingerprint density at radius 2 is 2.06 bits per heavy atom. The summed E-state index contributed by atoms with van der Waals surface area (Å²) in [5.41, 5.74) is 3.19. The third kappa shape index (κ3) is 1.61. The van der Waals surface area contributed by atoms with Gasteiger partial charge in [0.25, 0.3) is 0 Å². The number of carbonyl (C=O) groups is 1. The van der Waals surface area contributed by atoms with Crippen LogP contribution in [0.5, 0.6) is 5.75 Å². The van der Waals surface area contributed by atoms with Gasteiger partial charge < -0.3 is 10.2 Å². The summed E-state index contributed by atoms with van der Waals surface area (Å²) in [5, 5.41) is 19.1. The van der Waals surface area contributed by atoms with E-state index in [4.69, 9.17) is 5.11 Å². The van der Waals surface area contributed by atoms with Crippen LogP contribution in [-0.2, 0) is 23.1 Å². The number of phenols is 1. The summed E-state index contributed by atoms with van der Waals surface area (Å²) in [6.07, 6.45) is 5.10. The highest BCUT2D eigenvalue weighted by Crippen LogP contribution is 2.56. The maximum absolute atomic E-state index is 11.0. The molecule has 2 N–H and O–H groups in total. The van der Waals surface area contributed by atoms with Gasteiger partial charge >= 0.3 is 5.97 Å². The van der Waals surface area contributed by atoms with Crippen LogP contribution in [0.1, 0.15) is 42.4 Å². The summed E-state index contributed by atoms with van der Waals surface area (Å²) in [7, 11) is 0. The van der Waals surface area contributed by atoms with Crippen molar-refractivity contribution in [3.8, 4) is 5.75 Å². The number of aromatic hydroxyl groups is 1. The Bertz CT molecular complexity index is 486. The van der Waals surface area contributed by atoms with Crippen LogP contribution in [-0.4, -0.2) is 16.2 Å². The minimum atomic E-state index is -0.766. The van der Waals surface area contributed by atoms with Gasteiger partial charge in [-0.15, -0.1) is 0 Å². The molecule has 1 aromatic rings. The highest BCUT2D eigenvalue weighted by atomic mass is 16.4. The first-order valence-corrected chi connectivity index (χ1v) is 6.18. The number of hydrogen-bond acceptors (Lipinski definition) is 2. The third-order valence-corrected chi connectivity index (χ3v) is 4.13. The SMILES string of the molecule is O=C(O)CC1(c2c(O)ccc3c2CCC3)CC1. The largest absolute Gasteiger partial charge is 0.508 e. The van der Waals surface area contributed by atoms with Crippen molar-refractivity contribution in [3.63, 3.8) is 0 Å². The molecule has 90 valence electrons. The summed E-state index contributed by atoms with van der Waals surface area (Å²) in [6.45, 7) is 0. The van der Waals surface area contributed by atoms with Gasteiger partial charge in [0, 0.05) is 11.0 Å². The maximum Gasteiger partial charge on any atom is 0.304 e. The van der Waals surface area contributed by atoms with Crippen LogP contribution < -0.4 is 0 Å². The topological polar surface area (TPSA) is 57.5 Å². The van der Waals surface area contributed by atoms with E-state index in [1.165, 1.54) is 11.1 Å². The zero-order chi connectivity index (χ0) is 12.0. The number of aryl methyl sites for hydroxylation is 1. The fourth-order valence-electron chi connectivity index (χ4n) is 3.20. The van der Waals surface area contributed by atoms with E-state index in [1.807, 2.05) is 6.07 Å². The Morgan fingerprint density at radius 1 is 1.29 bits per heavy atom. The maximum atomic E-state index is 11.0. The standard InChI is InChI=1S/C14H16O3/c15-11-5-4-9-2-1-3-10(9)13(11)14(6-7-14)8-12(16)17/h4-5,15H,1-3,6-8H2,(H,16,17). The molecule has 0 amide bonds. The molecule has 0 aromatic heterocycles. The van der Waals surface area contributed by atoms with Crippen molar-refractivity contribution in [3.05, 3.63) is 28.8 Å². The monoisotopic (exact) mass is 232 g/mol. The Morgan fingerprint density at radius 3 is 2.71 bits per heavy atom. The molecule has 3 heteroatoms. The predicted octanol–water partition coefficient (Wildman–Crippen LogP) is 2.39. The lowest BCUT2D eigenvalue weighted by Crippen LogP contribution is -2.15. The van der Waals surface area contributed by atoms with E-state index < -0.39 is 5.97 Å². The molecule has 17 heavy (non-hydrogen) atoms. The second kappa shape index (κ2) is 3.49. The number of carboxylic acids is 1. The van der Waals surface area contributed by atoms with Crippen LogP contribution in [0.15, 0.2) is 12.1 Å². The summed E-state index contributed by atoms with van der Waals surface area (Å²) in [4.78, 5) is 11.0. The summed E-state index contributed by atoms with van der Waals surface area (Å²) < 4.78 is 0. The number of rotatable bonds is 3. The first kappa shape index (κ1) is 10.6. The molecule has 0 saturated heterocycles. The number of hydrogen-bond donors (Lipinski definition) is 2. The average molecular weight is 232 g/mol. The van der Waals surface area contributed by atoms with Gasteiger partial charge in [-0.2, -0.15) is 0 Å². The molecule has 0 radical (unpaired) electrons. The lowest BCUT2D eigenvalue weighted by atomic mass is 9.86. The summed E-state index contributed by atoms with van der Waals surface area (Å²) in [5.74, 6) is -0.470. The second-order valence-electron chi connectivity index (χ2n) is 5.30. The van der Waals surface area contributed by atoms with Crippen LogP contribution in [0, 0.1) is 0 Å². The van der Waals surface area contributed by atoms with Crippen LogP contribution >= 0.6 is 0 Å². The van der Waals surface area contributed by atoms with E-state index in [9.17, 15) is 9.90 Å². The lowest BCUT2D eigenvalue weighted by molar-refractivity contribution is -0.137. The van der Waals surface area contributed by atoms with Gasteiger partial charge in [-0.3, -0.25) is 4.79 Å². The van der Waals surface area contributed by atoms with Gasteiger partial charge in [-0.25, -0.2) is 0 Å². The average Bonchev–Trinajstić information content (AvgIpc) is 2.87. The number of benzene rings is 1. The Kier molecular flexibility index (Phi) is 2.18. The Hall–Kier alpha value is -1.51. The smallest absolute Gasteiger partial charge is 0.304 e. The van der Waals surface area contributed by atoms with Gasteiger partial charge in [-0.1, -0.05) is 6.07 Å². The van der Waals surface area contributed by atoms with E-state index in [0.717, 1.165) is 37.7 Å². The Labute approximate surface area is 100 Å². The molecule has 0 spiro atoms. The molecule has 1 aromatic carbocycles. The number of carboxylic acid groups (broad SMARTS) is 1. The fourth-order valence-corrected chi connectivity index (χ4v) is 3.20. The molecule has 1 saturated carbocycles. The molecular formula is C14H16O3. The highest BCUT2D eigenvalue weighted by molar-refractivity contribution is 5.71. The van der Waals surface area contributed by atoms with Crippen LogP contribution in [0.25, 0.3) is 0 Å². The highest BCUT2D eigenvalue weighted by Gasteiger charge is 2.49. The van der Waals surface area contributed by atoms with Crippen LogP contribution in [0.3, 0.4) is 0 Å². The van der Waals surface area contributed by atoms with Crippen molar-refractivity contribution < 1.29 is 15.0 Å². The van der Waals surface area contributed by atoms with Crippen LogP contribution in [0.2, 0.25) is 0 Å². The van der Waals surface area contributed by atoms with E-state index in [2.05, 4.69) is 0 Å². The van der Waals surface area contributed by atoms with Crippen molar-refractivity contribution in [2.75, 3.05) is 0 Å². The van der Waals surface area contributed by atoms with Crippen molar-refractivity contribution in [2.24, 2.45) is 0 Å². The lowest BCUT2D eigenvalue weighted by Gasteiger charge is -2.19. The van der Waals surface area contributed by atoms with E-state index in [1.54, 1.807) is 6.07 Å². The van der Waals surface area contributed by atoms with Gasteiger partial charge in [-0.05, 0) is 49.3 Å². The zero-order valence-corrected chi connectivity index (χ0v) is 9.70. The van der Waals surface area contributed by atoms with Gasteiger partial charge in [0.05, 0.1) is 6.42 Å². The van der Waals surface area contributed by atoms with E-state index >= 15 is 0 Å². The number of fused-ring (bicyclic) bond motifs is 1.